The van der Waals surface area contributed by atoms with Crippen LogP contribution in [0.1, 0.15) is 22.3 Å². The Labute approximate surface area is 161 Å². The third-order valence-electron chi connectivity index (χ3n) is 3.73. The third kappa shape index (κ3) is 5.47. The zero-order valence-electron chi connectivity index (χ0n) is 14.5. The van der Waals surface area contributed by atoms with Gasteiger partial charge >= 0.3 is 0 Å². The first-order valence-corrected chi connectivity index (χ1v) is 9.81. The molecule has 0 aliphatic rings. The maximum absolute atomic E-state index is 13.9. The number of carbonyl (C=O) groups is 2. The van der Waals surface area contributed by atoms with Gasteiger partial charge in [0.2, 0.25) is 5.91 Å². The summed E-state index contributed by atoms with van der Waals surface area (Å²) in [7, 11) is 0. The molecule has 1 atom stereocenters. The van der Waals surface area contributed by atoms with Gasteiger partial charge in [-0.05, 0) is 55.2 Å². The van der Waals surface area contributed by atoms with E-state index in [1.165, 1.54) is 6.07 Å². The molecule has 0 bridgehead atoms. The summed E-state index contributed by atoms with van der Waals surface area (Å²) in [6.45, 7) is 1.81. The molecule has 0 fully saturated rings. The number of carbonyl (C=O) groups excluding carboxylic acids is 2. The Bertz CT molecular complexity index is 801. The second-order valence-electron chi connectivity index (χ2n) is 5.76. The number of hydrogen-bond donors (Lipinski definition) is 2. The highest BCUT2D eigenvalue weighted by atomic mass is 35.5. The van der Waals surface area contributed by atoms with E-state index in [-0.39, 0.29) is 11.3 Å². The normalized spacial score (nSPS) is 11.7. The highest BCUT2D eigenvalue weighted by Crippen LogP contribution is 2.18. The second-order valence-corrected chi connectivity index (χ2v) is 7.15. The minimum Gasteiger partial charge on any atom is -0.340 e. The van der Waals surface area contributed by atoms with E-state index >= 15 is 0 Å². The Balaban J connectivity index is 2.15. The summed E-state index contributed by atoms with van der Waals surface area (Å²) in [5.74, 6) is -0.771. The van der Waals surface area contributed by atoms with Gasteiger partial charge < -0.3 is 10.6 Å². The van der Waals surface area contributed by atoms with Crippen LogP contribution in [0, 0.1) is 12.7 Å². The van der Waals surface area contributed by atoms with Gasteiger partial charge in [0, 0.05) is 0 Å². The van der Waals surface area contributed by atoms with Crippen molar-refractivity contribution in [1.82, 2.24) is 5.32 Å². The molecule has 0 saturated carbocycles. The van der Waals surface area contributed by atoms with Crippen LogP contribution in [0.3, 0.4) is 0 Å². The number of amides is 2. The summed E-state index contributed by atoms with van der Waals surface area (Å²) in [5.41, 5.74) is 1.21. The van der Waals surface area contributed by atoms with Crippen molar-refractivity contribution in [3.05, 3.63) is 64.4 Å². The molecule has 7 heteroatoms. The molecular formula is C19H20ClFN2O2S. The summed E-state index contributed by atoms with van der Waals surface area (Å²) in [4.78, 5) is 25.1. The van der Waals surface area contributed by atoms with Gasteiger partial charge in [-0.15, -0.1) is 0 Å². The van der Waals surface area contributed by atoms with Crippen molar-refractivity contribution in [1.29, 1.82) is 0 Å². The minimum absolute atomic E-state index is 0.0937. The smallest absolute Gasteiger partial charge is 0.253 e. The number of benzene rings is 2. The molecule has 2 rings (SSSR count). The number of anilines is 1. The summed E-state index contributed by atoms with van der Waals surface area (Å²) in [5, 5.41) is 5.56. The van der Waals surface area contributed by atoms with Crippen molar-refractivity contribution in [3.8, 4) is 0 Å². The minimum atomic E-state index is -0.800. The number of rotatable bonds is 7. The fraction of sp³-hybridized carbons (Fsp3) is 0.263. The Kier molecular flexibility index (Phi) is 7.48. The Morgan fingerprint density at radius 3 is 2.65 bits per heavy atom. The lowest BCUT2D eigenvalue weighted by Gasteiger charge is -2.19. The summed E-state index contributed by atoms with van der Waals surface area (Å²) >= 11 is 7.59. The molecule has 4 nitrogen and oxygen atoms in total. The average Bonchev–Trinajstić information content (AvgIpc) is 2.61. The Morgan fingerprint density at radius 2 is 1.96 bits per heavy atom. The molecule has 0 radical (unpaired) electrons. The Morgan fingerprint density at radius 1 is 1.23 bits per heavy atom. The zero-order valence-corrected chi connectivity index (χ0v) is 16.1. The lowest BCUT2D eigenvalue weighted by Crippen LogP contribution is -2.44. The molecule has 0 aliphatic heterocycles. The van der Waals surface area contributed by atoms with Gasteiger partial charge in [-0.3, -0.25) is 9.59 Å². The molecule has 0 saturated heterocycles. The van der Waals surface area contributed by atoms with E-state index in [0.29, 0.717) is 17.2 Å². The highest BCUT2D eigenvalue weighted by Gasteiger charge is 2.23. The van der Waals surface area contributed by atoms with Crippen LogP contribution in [0.4, 0.5) is 10.1 Å². The maximum Gasteiger partial charge on any atom is 0.253 e. The molecule has 0 spiro atoms. The van der Waals surface area contributed by atoms with Gasteiger partial charge in [-0.25, -0.2) is 4.39 Å². The number of nitrogens with one attached hydrogen (secondary N) is 2. The number of aryl methyl sites for hydroxylation is 1. The van der Waals surface area contributed by atoms with Crippen LogP contribution in [0.5, 0.6) is 0 Å². The summed E-state index contributed by atoms with van der Waals surface area (Å²) < 4.78 is 13.9. The van der Waals surface area contributed by atoms with Gasteiger partial charge in [-0.1, -0.05) is 29.8 Å². The lowest BCUT2D eigenvalue weighted by atomic mass is 10.1. The van der Waals surface area contributed by atoms with E-state index in [1.807, 2.05) is 6.26 Å². The molecule has 2 N–H and O–H groups in total. The molecule has 0 heterocycles. The Hall–Kier alpha value is -2.05. The van der Waals surface area contributed by atoms with E-state index < -0.39 is 23.7 Å². The topological polar surface area (TPSA) is 58.2 Å². The average molecular weight is 395 g/mol. The fourth-order valence-corrected chi connectivity index (χ4v) is 3.03. The van der Waals surface area contributed by atoms with Crippen LogP contribution in [0.2, 0.25) is 5.02 Å². The molecule has 1 unspecified atom stereocenters. The number of thioether (sulfide) groups is 1. The monoisotopic (exact) mass is 394 g/mol. The zero-order chi connectivity index (χ0) is 19.1. The van der Waals surface area contributed by atoms with E-state index in [4.69, 9.17) is 11.6 Å². The van der Waals surface area contributed by atoms with Crippen LogP contribution in [0.25, 0.3) is 0 Å². The molecule has 2 aromatic carbocycles. The molecule has 2 aromatic rings. The largest absolute Gasteiger partial charge is 0.340 e. The first kappa shape index (κ1) is 20.3. The first-order chi connectivity index (χ1) is 12.4. The van der Waals surface area contributed by atoms with Crippen molar-refractivity contribution in [3.63, 3.8) is 0 Å². The second kappa shape index (κ2) is 9.59. The van der Waals surface area contributed by atoms with Crippen molar-refractivity contribution < 1.29 is 14.0 Å². The predicted octanol–water partition coefficient (Wildman–Crippen LogP) is 4.28. The highest BCUT2D eigenvalue weighted by molar-refractivity contribution is 7.98. The number of hydrogen-bond acceptors (Lipinski definition) is 3. The van der Waals surface area contributed by atoms with Crippen LogP contribution >= 0.6 is 23.4 Å². The maximum atomic E-state index is 13.9. The van der Waals surface area contributed by atoms with Crippen LogP contribution in [-0.2, 0) is 4.79 Å². The van der Waals surface area contributed by atoms with Crippen molar-refractivity contribution in [2.45, 2.75) is 19.4 Å². The van der Waals surface area contributed by atoms with Gasteiger partial charge in [-0.2, -0.15) is 11.8 Å². The van der Waals surface area contributed by atoms with Gasteiger partial charge in [0.05, 0.1) is 16.3 Å². The van der Waals surface area contributed by atoms with Crippen molar-refractivity contribution in [2.75, 3.05) is 17.3 Å². The molecular weight excluding hydrogens is 375 g/mol. The predicted molar refractivity (Wildman–Crippen MR) is 105 cm³/mol. The lowest BCUT2D eigenvalue weighted by molar-refractivity contribution is -0.118. The van der Waals surface area contributed by atoms with Gasteiger partial charge in [0.1, 0.15) is 11.9 Å². The van der Waals surface area contributed by atoms with Crippen molar-refractivity contribution in [2.24, 2.45) is 0 Å². The van der Waals surface area contributed by atoms with Gasteiger partial charge in [0.25, 0.3) is 5.91 Å². The van der Waals surface area contributed by atoms with Crippen LogP contribution in [-0.4, -0.2) is 29.9 Å². The number of halogens is 2. The molecule has 0 aromatic heterocycles. The van der Waals surface area contributed by atoms with Gasteiger partial charge in [0.15, 0.2) is 0 Å². The van der Waals surface area contributed by atoms with Crippen LogP contribution < -0.4 is 10.6 Å². The third-order valence-corrected chi connectivity index (χ3v) is 4.70. The van der Waals surface area contributed by atoms with E-state index in [1.54, 1.807) is 55.1 Å². The van der Waals surface area contributed by atoms with Crippen molar-refractivity contribution >= 4 is 40.9 Å². The molecule has 138 valence electrons. The van der Waals surface area contributed by atoms with E-state index in [9.17, 15) is 14.0 Å². The van der Waals surface area contributed by atoms with E-state index in [0.717, 1.165) is 5.56 Å². The quantitative estimate of drug-likeness (QED) is 0.737. The summed E-state index contributed by atoms with van der Waals surface area (Å²) in [6, 6.07) is 10.3. The molecule has 0 aliphatic carbocycles. The van der Waals surface area contributed by atoms with Crippen LogP contribution in [0.15, 0.2) is 42.5 Å². The van der Waals surface area contributed by atoms with E-state index in [2.05, 4.69) is 10.6 Å². The fourth-order valence-electron chi connectivity index (χ4n) is 2.34. The molecule has 2 amide bonds. The molecule has 26 heavy (non-hydrogen) atoms. The summed E-state index contributed by atoms with van der Waals surface area (Å²) in [6.07, 6.45) is 2.32. The first-order valence-electron chi connectivity index (χ1n) is 8.03. The standard InChI is InChI=1S/C19H20ClFN2O2S/c1-12-7-8-15(21)17(11-12)23-19(25)16(9-10-26-2)22-18(24)13-5-3-4-6-14(13)20/h3-8,11,16H,9-10H2,1-2H3,(H,22,24)(H,23,25). The SMILES string of the molecule is CSCCC(NC(=O)c1ccccc1Cl)C(=O)Nc1cc(C)ccc1F.